The zero-order chi connectivity index (χ0) is 18.0. The maximum Gasteiger partial charge on any atom is 0.337 e. The SMILES string of the molecule is CC(=O)N1CCC[C@H](c2cc(-c3cncc(C(=O)O)c3)nc(C)n2)C1. The highest BCUT2D eigenvalue weighted by Gasteiger charge is 2.24. The molecule has 1 amide bonds. The molecule has 0 spiro atoms. The molecule has 2 aromatic heterocycles. The molecule has 7 heteroatoms. The van der Waals surface area contributed by atoms with Crippen molar-refractivity contribution in [3.8, 4) is 11.3 Å². The lowest BCUT2D eigenvalue weighted by Gasteiger charge is -2.32. The fourth-order valence-electron chi connectivity index (χ4n) is 3.15. The highest BCUT2D eigenvalue weighted by molar-refractivity contribution is 5.88. The highest BCUT2D eigenvalue weighted by atomic mass is 16.4. The van der Waals surface area contributed by atoms with Gasteiger partial charge in [-0.25, -0.2) is 14.8 Å². The number of aromatic nitrogens is 3. The molecule has 3 rings (SSSR count). The molecule has 130 valence electrons. The van der Waals surface area contributed by atoms with E-state index in [1.54, 1.807) is 19.2 Å². The number of hydrogen-bond donors (Lipinski definition) is 1. The topological polar surface area (TPSA) is 96.3 Å². The largest absolute Gasteiger partial charge is 0.478 e. The second-order valence-corrected chi connectivity index (χ2v) is 6.30. The van der Waals surface area contributed by atoms with Crippen molar-refractivity contribution in [3.05, 3.63) is 41.6 Å². The smallest absolute Gasteiger partial charge is 0.337 e. The number of amides is 1. The van der Waals surface area contributed by atoms with E-state index < -0.39 is 5.97 Å². The molecule has 1 atom stereocenters. The van der Waals surface area contributed by atoms with Gasteiger partial charge >= 0.3 is 5.97 Å². The van der Waals surface area contributed by atoms with E-state index in [9.17, 15) is 9.59 Å². The van der Waals surface area contributed by atoms with Crippen LogP contribution >= 0.6 is 0 Å². The fourth-order valence-corrected chi connectivity index (χ4v) is 3.15. The summed E-state index contributed by atoms with van der Waals surface area (Å²) >= 11 is 0. The Morgan fingerprint density at radius 3 is 2.76 bits per heavy atom. The number of pyridine rings is 1. The van der Waals surface area contributed by atoms with Gasteiger partial charge < -0.3 is 10.0 Å². The first-order chi connectivity index (χ1) is 11.9. The normalized spacial score (nSPS) is 17.4. The first-order valence-electron chi connectivity index (χ1n) is 8.24. The van der Waals surface area contributed by atoms with Gasteiger partial charge in [-0.1, -0.05) is 0 Å². The van der Waals surface area contributed by atoms with E-state index in [4.69, 9.17) is 5.11 Å². The van der Waals surface area contributed by atoms with Crippen LogP contribution in [0, 0.1) is 6.92 Å². The molecule has 1 aliphatic heterocycles. The van der Waals surface area contributed by atoms with Crippen molar-refractivity contribution >= 4 is 11.9 Å². The Labute approximate surface area is 145 Å². The summed E-state index contributed by atoms with van der Waals surface area (Å²) < 4.78 is 0. The van der Waals surface area contributed by atoms with Gasteiger partial charge in [-0.05, 0) is 31.9 Å². The first-order valence-corrected chi connectivity index (χ1v) is 8.24. The van der Waals surface area contributed by atoms with Gasteiger partial charge in [-0.3, -0.25) is 9.78 Å². The molecule has 1 N–H and O–H groups in total. The van der Waals surface area contributed by atoms with Gasteiger partial charge in [0, 0.05) is 49.6 Å². The predicted octanol–water partition coefficient (Wildman–Crippen LogP) is 2.27. The van der Waals surface area contributed by atoms with Gasteiger partial charge in [0.25, 0.3) is 0 Å². The van der Waals surface area contributed by atoms with Crippen molar-refractivity contribution in [1.82, 2.24) is 19.9 Å². The lowest BCUT2D eigenvalue weighted by atomic mass is 9.93. The summed E-state index contributed by atoms with van der Waals surface area (Å²) in [5.41, 5.74) is 2.30. The molecule has 3 heterocycles. The third-order valence-corrected chi connectivity index (χ3v) is 4.42. The van der Waals surface area contributed by atoms with Crippen LogP contribution < -0.4 is 0 Å². The van der Waals surface area contributed by atoms with Crippen LogP contribution in [0.5, 0.6) is 0 Å². The number of piperidine rings is 1. The molecule has 0 aromatic carbocycles. The lowest BCUT2D eigenvalue weighted by molar-refractivity contribution is -0.130. The molecular weight excluding hydrogens is 320 g/mol. The van der Waals surface area contributed by atoms with E-state index in [1.807, 2.05) is 17.9 Å². The number of hydrogen-bond acceptors (Lipinski definition) is 5. The van der Waals surface area contributed by atoms with Gasteiger partial charge in [0.2, 0.25) is 5.91 Å². The van der Waals surface area contributed by atoms with E-state index in [2.05, 4.69) is 15.0 Å². The molecule has 0 aliphatic carbocycles. The van der Waals surface area contributed by atoms with Crippen LogP contribution in [0.25, 0.3) is 11.3 Å². The minimum absolute atomic E-state index is 0.0778. The van der Waals surface area contributed by atoms with Crippen LogP contribution in [0.4, 0.5) is 0 Å². The van der Waals surface area contributed by atoms with Crippen LogP contribution in [0.3, 0.4) is 0 Å². The standard InChI is InChI=1S/C18H20N4O3/c1-11-20-16(13-4-3-5-22(10-13)12(2)23)7-17(21-11)14-6-15(18(24)25)9-19-8-14/h6-9,13H,3-5,10H2,1-2H3,(H,24,25)/t13-/m0/s1. The molecule has 1 saturated heterocycles. The molecule has 1 fully saturated rings. The number of carbonyl (C=O) groups is 2. The first kappa shape index (κ1) is 17.0. The Hall–Kier alpha value is -2.83. The van der Waals surface area contributed by atoms with Crippen LogP contribution in [-0.2, 0) is 4.79 Å². The second-order valence-electron chi connectivity index (χ2n) is 6.30. The number of likely N-dealkylation sites (tertiary alicyclic amines) is 1. The number of carboxylic acid groups (broad SMARTS) is 1. The molecule has 0 bridgehead atoms. The quantitative estimate of drug-likeness (QED) is 0.921. The second kappa shape index (κ2) is 6.96. The minimum Gasteiger partial charge on any atom is -0.478 e. The van der Waals surface area contributed by atoms with Crippen LogP contribution in [0.15, 0.2) is 24.5 Å². The van der Waals surface area contributed by atoms with Crippen molar-refractivity contribution in [2.75, 3.05) is 13.1 Å². The average molecular weight is 340 g/mol. The summed E-state index contributed by atoms with van der Waals surface area (Å²) in [5.74, 6) is -0.166. The van der Waals surface area contributed by atoms with Gasteiger partial charge in [0.05, 0.1) is 11.3 Å². The fraction of sp³-hybridized carbons (Fsp3) is 0.389. The van der Waals surface area contributed by atoms with Gasteiger partial charge in [-0.15, -0.1) is 0 Å². The number of nitrogens with zero attached hydrogens (tertiary/aromatic N) is 4. The summed E-state index contributed by atoms with van der Waals surface area (Å²) in [5, 5.41) is 9.14. The van der Waals surface area contributed by atoms with Gasteiger partial charge in [0.15, 0.2) is 0 Å². The van der Waals surface area contributed by atoms with Crippen molar-refractivity contribution < 1.29 is 14.7 Å². The average Bonchev–Trinajstić information content (AvgIpc) is 2.61. The Kier molecular flexibility index (Phi) is 4.74. The van der Waals surface area contributed by atoms with E-state index >= 15 is 0 Å². The van der Waals surface area contributed by atoms with Crippen LogP contribution in [0.1, 0.15) is 47.6 Å². The summed E-state index contributed by atoms with van der Waals surface area (Å²) in [7, 11) is 0. The molecule has 0 radical (unpaired) electrons. The maximum absolute atomic E-state index is 11.7. The highest BCUT2D eigenvalue weighted by Crippen LogP contribution is 2.28. The van der Waals surface area contributed by atoms with Gasteiger partial charge in [-0.2, -0.15) is 0 Å². The van der Waals surface area contributed by atoms with E-state index in [0.717, 1.165) is 25.1 Å². The monoisotopic (exact) mass is 340 g/mol. The third-order valence-electron chi connectivity index (χ3n) is 4.42. The van der Waals surface area contributed by atoms with Crippen molar-refractivity contribution in [1.29, 1.82) is 0 Å². The van der Waals surface area contributed by atoms with Crippen LogP contribution in [-0.4, -0.2) is 49.9 Å². The molecule has 25 heavy (non-hydrogen) atoms. The van der Waals surface area contributed by atoms with E-state index in [0.29, 0.717) is 23.6 Å². The Morgan fingerprint density at radius 2 is 2.04 bits per heavy atom. The van der Waals surface area contributed by atoms with Crippen molar-refractivity contribution in [3.63, 3.8) is 0 Å². The molecule has 0 saturated carbocycles. The minimum atomic E-state index is -1.02. The number of aromatic carboxylic acids is 1. The Balaban J connectivity index is 1.94. The number of aryl methyl sites for hydroxylation is 1. The van der Waals surface area contributed by atoms with Crippen LogP contribution in [0.2, 0.25) is 0 Å². The van der Waals surface area contributed by atoms with Crippen molar-refractivity contribution in [2.24, 2.45) is 0 Å². The number of carboxylic acids is 1. The van der Waals surface area contributed by atoms with E-state index in [1.165, 1.54) is 6.20 Å². The Morgan fingerprint density at radius 1 is 1.24 bits per heavy atom. The predicted molar refractivity (Wildman–Crippen MR) is 91.2 cm³/mol. The maximum atomic E-state index is 11.7. The van der Waals surface area contributed by atoms with Gasteiger partial charge in [0.1, 0.15) is 5.82 Å². The number of rotatable bonds is 3. The summed E-state index contributed by atoms with van der Waals surface area (Å²) in [4.78, 5) is 37.6. The summed E-state index contributed by atoms with van der Waals surface area (Å²) in [6.45, 7) is 4.83. The molecule has 2 aromatic rings. The summed E-state index contributed by atoms with van der Waals surface area (Å²) in [6.07, 6.45) is 4.82. The Bertz CT molecular complexity index is 822. The third kappa shape index (κ3) is 3.81. The molecule has 0 unspecified atom stereocenters. The summed E-state index contributed by atoms with van der Waals surface area (Å²) in [6, 6.07) is 3.44. The zero-order valence-corrected chi connectivity index (χ0v) is 14.3. The van der Waals surface area contributed by atoms with Crippen molar-refractivity contribution in [2.45, 2.75) is 32.6 Å². The molecular formula is C18H20N4O3. The molecule has 7 nitrogen and oxygen atoms in total. The number of carbonyl (C=O) groups excluding carboxylic acids is 1. The lowest BCUT2D eigenvalue weighted by Crippen LogP contribution is -2.37. The zero-order valence-electron chi connectivity index (χ0n) is 14.3. The molecule has 1 aliphatic rings. The van der Waals surface area contributed by atoms with E-state index in [-0.39, 0.29) is 17.4 Å².